The minimum atomic E-state index is -0.822. The summed E-state index contributed by atoms with van der Waals surface area (Å²) in [7, 11) is 1.87. The van der Waals surface area contributed by atoms with Crippen LogP contribution >= 0.6 is 0 Å². The molecule has 21 heavy (non-hydrogen) atoms. The third kappa shape index (κ3) is 2.82. The van der Waals surface area contributed by atoms with Crippen LogP contribution in [0.1, 0.15) is 43.5 Å². The second-order valence-corrected chi connectivity index (χ2v) is 6.15. The van der Waals surface area contributed by atoms with Crippen molar-refractivity contribution in [1.29, 1.82) is 0 Å². The van der Waals surface area contributed by atoms with Crippen molar-refractivity contribution in [2.75, 3.05) is 30.8 Å². The Balaban J connectivity index is 1.79. The van der Waals surface area contributed by atoms with Crippen LogP contribution in [0.3, 0.4) is 0 Å². The Bertz CT molecular complexity index is 533. The highest BCUT2D eigenvalue weighted by atomic mass is 16.5. The Kier molecular flexibility index (Phi) is 3.75. The molecule has 2 atom stereocenters. The lowest BCUT2D eigenvalue weighted by atomic mass is 9.97. The van der Waals surface area contributed by atoms with Gasteiger partial charge in [0.15, 0.2) is 0 Å². The number of nitrogens with zero attached hydrogens (tertiary/aromatic N) is 2. The minimum Gasteiger partial charge on any atom is -0.385 e. The molecule has 0 amide bonds. The van der Waals surface area contributed by atoms with Crippen LogP contribution in [0.15, 0.2) is 0 Å². The van der Waals surface area contributed by atoms with Gasteiger partial charge in [-0.15, -0.1) is 0 Å². The predicted octanol–water partition coefficient (Wildman–Crippen LogP) is 1.66. The molecule has 2 unspecified atom stereocenters. The van der Waals surface area contributed by atoms with Crippen molar-refractivity contribution in [3.8, 4) is 0 Å². The molecule has 0 aromatic carbocycles. The summed E-state index contributed by atoms with van der Waals surface area (Å²) in [4.78, 5) is 9.22. The van der Waals surface area contributed by atoms with E-state index >= 15 is 0 Å². The Morgan fingerprint density at radius 3 is 2.62 bits per heavy atom. The Morgan fingerprint density at radius 2 is 2.05 bits per heavy atom. The number of anilines is 2. The van der Waals surface area contributed by atoms with Crippen LogP contribution in [0.5, 0.6) is 0 Å². The first kappa shape index (κ1) is 14.5. The molecule has 2 aliphatic rings. The van der Waals surface area contributed by atoms with E-state index in [-0.39, 0.29) is 6.10 Å². The average molecular weight is 292 g/mol. The fourth-order valence-electron chi connectivity index (χ4n) is 2.71. The smallest absolute Gasteiger partial charge is 0.136 e. The van der Waals surface area contributed by atoms with Gasteiger partial charge in [-0.1, -0.05) is 0 Å². The van der Waals surface area contributed by atoms with Gasteiger partial charge < -0.3 is 20.5 Å². The van der Waals surface area contributed by atoms with Crippen LogP contribution < -0.4 is 10.6 Å². The zero-order valence-electron chi connectivity index (χ0n) is 12.9. The van der Waals surface area contributed by atoms with Crippen LogP contribution in [0.4, 0.5) is 11.6 Å². The lowest BCUT2D eigenvalue weighted by molar-refractivity contribution is -0.0176. The Morgan fingerprint density at radius 1 is 1.33 bits per heavy atom. The molecule has 1 aliphatic heterocycles. The van der Waals surface area contributed by atoms with Crippen molar-refractivity contribution in [3.63, 3.8) is 0 Å². The topological polar surface area (TPSA) is 79.3 Å². The normalized spacial score (nSPS) is 28.7. The maximum Gasteiger partial charge on any atom is 0.136 e. The first-order chi connectivity index (χ1) is 10.0. The second-order valence-electron chi connectivity index (χ2n) is 6.15. The van der Waals surface area contributed by atoms with Crippen molar-refractivity contribution in [3.05, 3.63) is 11.4 Å². The fourth-order valence-corrected chi connectivity index (χ4v) is 2.71. The highest BCUT2D eigenvalue weighted by Crippen LogP contribution is 2.39. The predicted molar refractivity (Wildman–Crippen MR) is 81.8 cm³/mol. The lowest BCUT2D eigenvalue weighted by Crippen LogP contribution is -2.43. The van der Waals surface area contributed by atoms with Crippen molar-refractivity contribution in [1.82, 2.24) is 9.97 Å². The number of aliphatic hydroxyl groups is 1. The molecule has 6 nitrogen and oxygen atoms in total. The third-order valence-electron chi connectivity index (χ3n) is 4.56. The molecule has 1 aromatic heterocycles. The molecule has 1 aliphatic carbocycles. The standard InChI is InChI=1S/C15H24N4O2/c1-9-12(16-3)18-14(11-4-5-11)19-13(9)17-8-15(20)6-7-21-10(15)2/h10-11,20H,4-8H2,1-3H3,(H2,16,17,18,19). The Labute approximate surface area is 125 Å². The molecule has 3 N–H and O–H groups in total. The van der Waals surface area contributed by atoms with E-state index < -0.39 is 5.60 Å². The molecule has 1 saturated heterocycles. The molecular weight excluding hydrogens is 268 g/mol. The highest BCUT2D eigenvalue weighted by Gasteiger charge is 2.39. The summed E-state index contributed by atoms with van der Waals surface area (Å²) in [5.41, 5.74) is 0.161. The van der Waals surface area contributed by atoms with Gasteiger partial charge in [-0.05, 0) is 26.7 Å². The van der Waals surface area contributed by atoms with Gasteiger partial charge in [0, 0.05) is 38.1 Å². The maximum absolute atomic E-state index is 10.6. The van der Waals surface area contributed by atoms with Gasteiger partial charge in [-0.3, -0.25) is 0 Å². The molecule has 2 fully saturated rings. The number of hydrogen-bond donors (Lipinski definition) is 3. The van der Waals surface area contributed by atoms with Crippen LogP contribution in [-0.4, -0.2) is 47.0 Å². The van der Waals surface area contributed by atoms with E-state index in [1.165, 1.54) is 12.8 Å². The first-order valence-electron chi connectivity index (χ1n) is 7.67. The number of hydrogen-bond acceptors (Lipinski definition) is 6. The van der Waals surface area contributed by atoms with E-state index in [0.29, 0.717) is 25.5 Å². The lowest BCUT2D eigenvalue weighted by Gasteiger charge is -2.27. The number of rotatable bonds is 5. The van der Waals surface area contributed by atoms with E-state index in [9.17, 15) is 5.11 Å². The summed E-state index contributed by atoms with van der Waals surface area (Å²) in [5, 5.41) is 17.0. The van der Waals surface area contributed by atoms with Crippen molar-refractivity contribution < 1.29 is 9.84 Å². The second kappa shape index (κ2) is 5.42. The average Bonchev–Trinajstić information content (AvgIpc) is 3.26. The summed E-state index contributed by atoms with van der Waals surface area (Å²) in [5.74, 6) is 3.06. The van der Waals surface area contributed by atoms with E-state index in [0.717, 1.165) is 23.0 Å². The van der Waals surface area contributed by atoms with Gasteiger partial charge in [0.25, 0.3) is 0 Å². The van der Waals surface area contributed by atoms with E-state index in [1.54, 1.807) is 0 Å². The molecule has 6 heteroatoms. The van der Waals surface area contributed by atoms with E-state index in [1.807, 2.05) is 20.9 Å². The zero-order chi connectivity index (χ0) is 15.0. The quantitative estimate of drug-likeness (QED) is 0.766. The number of nitrogens with one attached hydrogen (secondary N) is 2. The van der Waals surface area contributed by atoms with Crippen LogP contribution in [-0.2, 0) is 4.74 Å². The third-order valence-corrected chi connectivity index (χ3v) is 4.56. The van der Waals surface area contributed by atoms with Gasteiger partial charge >= 0.3 is 0 Å². The van der Waals surface area contributed by atoms with Crippen LogP contribution in [0, 0.1) is 6.92 Å². The summed E-state index contributed by atoms with van der Waals surface area (Å²) in [6.45, 7) is 4.95. The Hall–Kier alpha value is -1.40. The summed E-state index contributed by atoms with van der Waals surface area (Å²) < 4.78 is 5.47. The number of ether oxygens (including phenoxy) is 1. The van der Waals surface area contributed by atoms with Crippen LogP contribution in [0.2, 0.25) is 0 Å². The monoisotopic (exact) mass is 292 g/mol. The molecule has 0 radical (unpaired) electrons. The van der Waals surface area contributed by atoms with Gasteiger partial charge in [-0.2, -0.15) is 0 Å². The molecule has 3 rings (SSSR count). The summed E-state index contributed by atoms with van der Waals surface area (Å²) in [6, 6.07) is 0. The largest absolute Gasteiger partial charge is 0.385 e. The van der Waals surface area contributed by atoms with Crippen molar-refractivity contribution >= 4 is 11.6 Å². The highest BCUT2D eigenvalue weighted by molar-refractivity contribution is 5.57. The molecule has 116 valence electrons. The SMILES string of the molecule is CNc1nc(C2CC2)nc(NCC2(O)CCOC2C)c1C. The molecule has 0 spiro atoms. The number of aromatic nitrogens is 2. The van der Waals surface area contributed by atoms with Gasteiger partial charge in [0.05, 0.1) is 6.10 Å². The summed E-state index contributed by atoms with van der Waals surface area (Å²) >= 11 is 0. The maximum atomic E-state index is 10.6. The molecule has 0 bridgehead atoms. The summed E-state index contributed by atoms with van der Waals surface area (Å²) in [6.07, 6.45) is 2.83. The molecule has 1 aromatic rings. The molecular formula is C15H24N4O2. The van der Waals surface area contributed by atoms with Crippen LogP contribution in [0.25, 0.3) is 0 Å². The van der Waals surface area contributed by atoms with Crippen molar-refractivity contribution in [2.24, 2.45) is 0 Å². The van der Waals surface area contributed by atoms with Gasteiger partial charge in [0.2, 0.25) is 0 Å². The first-order valence-corrected chi connectivity index (χ1v) is 7.67. The van der Waals surface area contributed by atoms with E-state index in [2.05, 4.69) is 20.6 Å². The van der Waals surface area contributed by atoms with Gasteiger partial charge in [0.1, 0.15) is 23.1 Å². The molecule has 2 heterocycles. The van der Waals surface area contributed by atoms with Gasteiger partial charge in [-0.25, -0.2) is 9.97 Å². The fraction of sp³-hybridized carbons (Fsp3) is 0.733. The zero-order valence-corrected chi connectivity index (χ0v) is 12.9. The van der Waals surface area contributed by atoms with E-state index in [4.69, 9.17) is 4.74 Å². The molecule has 1 saturated carbocycles. The van der Waals surface area contributed by atoms with Crippen molar-refractivity contribution in [2.45, 2.75) is 50.7 Å². The minimum absolute atomic E-state index is 0.154.